The largest absolute Gasteiger partial charge is 0.489 e. The second-order valence-electron chi connectivity index (χ2n) is 6.31. The molecule has 6 heteroatoms. The van der Waals surface area contributed by atoms with Crippen LogP contribution in [0.15, 0.2) is 84.0 Å². The van der Waals surface area contributed by atoms with E-state index in [4.69, 9.17) is 4.74 Å². The van der Waals surface area contributed by atoms with E-state index in [2.05, 4.69) is 15.8 Å². The number of aryl methyl sites for hydroxylation is 1. The van der Waals surface area contributed by atoms with Gasteiger partial charge in [0, 0.05) is 5.69 Å². The van der Waals surface area contributed by atoms with Gasteiger partial charge in [-0.15, -0.1) is 0 Å². The summed E-state index contributed by atoms with van der Waals surface area (Å²) in [7, 11) is 0. The molecule has 0 radical (unpaired) electrons. The Hall–Kier alpha value is -3.93. The van der Waals surface area contributed by atoms with Crippen LogP contribution in [-0.2, 0) is 16.2 Å². The number of para-hydroxylation sites is 1. The molecule has 0 saturated carbocycles. The molecular formula is C23H21N3O3. The standard InChI is InChI=1S/C23H21N3O3/c1-17-7-5-6-10-21(17)25-22(27)23(28)26-24-15-18-11-13-20(14-12-18)29-16-19-8-3-2-4-9-19/h2-15H,16H2,1H3,(H,25,27)(H,26,28). The van der Waals surface area contributed by atoms with Crippen LogP contribution in [0.25, 0.3) is 0 Å². The number of rotatable bonds is 6. The molecule has 3 aromatic carbocycles. The van der Waals surface area contributed by atoms with Gasteiger partial charge < -0.3 is 10.1 Å². The first-order chi connectivity index (χ1) is 14.1. The van der Waals surface area contributed by atoms with Gasteiger partial charge in [0.1, 0.15) is 12.4 Å². The highest BCUT2D eigenvalue weighted by atomic mass is 16.5. The summed E-state index contributed by atoms with van der Waals surface area (Å²) in [6.07, 6.45) is 1.46. The van der Waals surface area contributed by atoms with E-state index in [1.54, 1.807) is 12.1 Å². The van der Waals surface area contributed by atoms with Crippen LogP contribution in [0, 0.1) is 6.92 Å². The highest BCUT2D eigenvalue weighted by Gasteiger charge is 2.13. The number of hydrogen-bond acceptors (Lipinski definition) is 4. The zero-order chi connectivity index (χ0) is 20.5. The van der Waals surface area contributed by atoms with Gasteiger partial charge in [-0.05, 0) is 53.9 Å². The van der Waals surface area contributed by atoms with Crippen LogP contribution in [0.3, 0.4) is 0 Å². The molecule has 0 aliphatic carbocycles. The van der Waals surface area contributed by atoms with Crippen molar-refractivity contribution in [3.8, 4) is 5.75 Å². The first-order valence-corrected chi connectivity index (χ1v) is 9.08. The van der Waals surface area contributed by atoms with Crippen LogP contribution in [-0.4, -0.2) is 18.0 Å². The molecule has 0 unspecified atom stereocenters. The fourth-order valence-electron chi connectivity index (χ4n) is 2.50. The number of hydrazone groups is 1. The lowest BCUT2D eigenvalue weighted by Crippen LogP contribution is -2.32. The van der Waals surface area contributed by atoms with E-state index in [0.29, 0.717) is 12.3 Å². The predicted octanol–water partition coefficient (Wildman–Crippen LogP) is 3.66. The number of carbonyl (C=O) groups excluding carboxylic acids is 2. The predicted molar refractivity (Wildman–Crippen MR) is 113 cm³/mol. The van der Waals surface area contributed by atoms with Crippen molar-refractivity contribution < 1.29 is 14.3 Å². The molecule has 29 heavy (non-hydrogen) atoms. The van der Waals surface area contributed by atoms with Gasteiger partial charge in [0.25, 0.3) is 0 Å². The normalized spacial score (nSPS) is 10.5. The molecule has 0 fully saturated rings. The Morgan fingerprint density at radius 2 is 1.59 bits per heavy atom. The number of nitrogens with one attached hydrogen (secondary N) is 2. The maximum absolute atomic E-state index is 11.9. The minimum atomic E-state index is -0.840. The van der Waals surface area contributed by atoms with Crippen LogP contribution in [0.4, 0.5) is 5.69 Å². The van der Waals surface area contributed by atoms with Crippen LogP contribution >= 0.6 is 0 Å². The van der Waals surface area contributed by atoms with Crippen LogP contribution in [0.2, 0.25) is 0 Å². The zero-order valence-electron chi connectivity index (χ0n) is 16.0. The van der Waals surface area contributed by atoms with Crippen LogP contribution in [0.1, 0.15) is 16.7 Å². The lowest BCUT2D eigenvalue weighted by molar-refractivity contribution is -0.136. The molecule has 2 amide bonds. The van der Waals surface area contributed by atoms with Crippen molar-refractivity contribution in [2.45, 2.75) is 13.5 Å². The SMILES string of the molecule is Cc1ccccc1NC(=O)C(=O)NN=Cc1ccc(OCc2ccccc2)cc1. The molecule has 0 aromatic heterocycles. The minimum absolute atomic E-state index is 0.486. The molecule has 0 spiro atoms. The van der Waals surface area contributed by atoms with Gasteiger partial charge in [-0.3, -0.25) is 9.59 Å². The van der Waals surface area contributed by atoms with Gasteiger partial charge in [0.05, 0.1) is 6.21 Å². The summed E-state index contributed by atoms with van der Waals surface area (Å²) in [5, 5.41) is 6.38. The first-order valence-electron chi connectivity index (χ1n) is 9.08. The number of anilines is 1. The van der Waals surface area contributed by atoms with Gasteiger partial charge in [0.15, 0.2) is 0 Å². The molecule has 0 atom stereocenters. The van der Waals surface area contributed by atoms with E-state index in [-0.39, 0.29) is 0 Å². The molecular weight excluding hydrogens is 366 g/mol. The first kappa shape index (κ1) is 19.8. The summed E-state index contributed by atoms with van der Waals surface area (Å²) < 4.78 is 5.72. The van der Waals surface area contributed by atoms with E-state index in [1.807, 2.05) is 73.7 Å². The number of hydrogen-bond donors (Lipinski definition) is 2. The quantitative estimate of drug-likeness (QED) is 0.385. The summed E-state index contributed by atoms with van der Waals surface area (Å²) in [5.41, 5.74) is 5.52. The fourth-order valence-corrected chi connectivity index (χ4v) is 2.50. The Labute approximate surface area is 169 Å². The van der Waals surface area contributed by atoms with Crippen molar-refractivity contribution in [1.29, 1.82) is 0 Å². The highest BCUT2D eigenvalue weighted by Crippen LogP contribution is 2.14. The monoisotopic (exact) mass is 387 g/mol. The lowest BCUT2D eigenvalue weighted by Gasteiger charge is -2.07. The summed E-state index contributed by atoms with van der Waals surface area (Å²) >= 11 is 0. The third-order valence-corrected chi connectivity index (χ3v) is 4.11. The van der Waals surface area contributed by atoms with Crippen molar-refractivity contribution in [2.24, 2.45) is 5.10 Å². The van der Waals surface area contributed by atoms with Gasteiger partial charge in [0.2, 0.25) is 0 Å². The molecule has 0 saturated heterocycles. The van der Waals surface area contributed by atoms with Crippen molar-refractivity contribution >= 4 is 23.7 Å². The fraction of sp³-hybridized carbons (Fsp3) is 0.0870. The van der Waals surface area contributed by atoms with Gasteiger partial charge >= 0.3 is 11.8 Å². The molecule has 0 aliphatic heterocycles. The van der Waals surface area contributed by atoms with Crippen LogP contribution in [0.5, 0.6) is 5.75 Å². The van der Waals surface area contributed by atoms with E-state index < -0.39 is 11.8 Å². The van der Waals surface area contributed by atoms with E-state index >= 15 is 0 Å². The number of nitrogens with zero attached hydrogens (tertiary/aromatic N) is 1. The molecule has 0 bridgehead atoms. The van der Waals surface area contributed by atoms with Crippen molar-refractivity contribution in [3.05, 3.63) is 95.6 Å². The Kier molecular flexibility index (Phi) is 6.73. The Bertz CT molecular complexity index is 999. The summed E-state index contributed by atoms with van der Waals surface area (Å²) in [4.78, 5) is 23.8. The smallest absolute Gasteiger partial charge is 0.329 e. The maximum Gasteiger partial charge on any atom is 0.329 e. The summed E-state index contributed by atoms with van der Waals surface area (Å²) in [5.74, 6) is -0.888. The minimum Gasteiger partial charge on any atom is -0.489 e. The number of carbonyl (C=O) groups is 2. The third-order valence-electron chi connectivity index (χ3n) is 4.11. The second kappa shape index (κ2) is 9.85. The van der Waals surface area contributed by atoms with E-state index in [1.165, 1.54) is 6.21 Å². The van der Waals surface area contributed by atoms with Gasteiger partial charge in [-0.1, -0.05) is 48.5 Å². The Morgan fingerprint density at radius 1 is 0.897 bits per heavy atom. The lowest BCUT2D eigenvalue weighted by atomic mass is 10.2. The van der Waals surface area contributed by atoms with Gasteiger partial charge in [-0.2, -0.15) is 5.10 Å². The molecule has 3 rings (SSSR count). The van der Waals surface area contributed by atoms with Crippen molar-refractivity contribution in [1.82, 2.24) is 5.43 Å². The van der Waals surface area contributed by atoms with Crippen molar-refractivity contribution in [2.75, 3.05) is 5.32 Å². The second-order valence-corrected chi connectivity index (χ2v) is 6.31. The Balaban J connectivity index is 1.47. The summed E-state index contributed by atoms with van der Waals surface area (Å²) in [6.45, 7) is 2.33. The van der Waals surface area contributed by atoms with Crippen LogP contribution < -0.4 is 15.5 Å². The van der Waals surface area contributed by atoms with E-state index in [9.17, 15) is 9.59 Å². The molecule has 6 nitrogen and oxygen atoms in total. The number of amides is 2. The third kappa shape index (κ3) is 6.04. The maximum atomic E-state index is 11.9. The topological polar surface area (TPSA) is 79.8 Å². The molecule has 146 valence electrons. The molecule has 0 heterocycles. The summed E-state index contributed by atoms with van der Waals surface area (Å²) in [6, 6.07) is 24.4. The average Bonchev–Trinajstić information content (AvgIpc) is 2.75. The van der Waals surface area contributed by atoms with Crippen molar-refractivity contribution in [3.63, 3.8) is 0 Å². The number of ether oxygens (including phenoxy) is 1. The zero-order valence-corrected chi connectivity index (χ0v) is 16.0. The number of benzene rings is 3. The Morgan fingerprint density at radius 3 is 2.31 bits per heavy atom. The van der Waals surface area contributed by atoms with E-state index in [0.717, 1.165) is 22.4 Å². The average molecular weight is 387 g/mol. The molecule has 0 aliphatic rings. The van der Waals surface area contributed by atoms with Gasteiger partial charge in [-0.25, -0.2) is 5.43 Å². The molecule has 2 N–H and O–H groups in total. The molecule has 3 aromatic rings. The highest BCUT2D eigenvalue weighted by molar-refractivity contribution is 6.39.